The number of thiophene rings is 1. The molecule has 3 aromatic heterocycles. The summed E-state index contributed by atoms with van der Waals surface area (Å²) in [4.78, 5) is 17.3. The number of hydrogen-bond acceptors (Lipinski definition) is 7. The van der Waals surface area contributed by atoms with Gasteiger partial charge < -0.3 is 10.2 Å². The highest BCUT2D eigenvalue weighted by Crippen LogP contribution is 2.39. The minimum Gasteiger partial charge on any atom is -0.372 e. The number of anilines is 1. The summed E-state index contributed by atoms with van der Waals surface area (Å²) in [7, 11) is 3.85. The maximum absolute atomic E-state index is 4.79. The monoisotopic (exact) mass is 383 g/mol. The summed E-state index contributed by atoms with van der Waals surface area (Å²) in [5.41, 5.74) is 2.13. The molecule has 0 aliphatic carbocycles. The highest BCUT2D eigenvalue weighted by atomic mass is 32.1. The zero-order chi connectivity index (χ0) is 19.6. The van der Waals surface area contributed by atoms with E-state index in [1.54, 1.807) is 17.5 Å². The number of fused-ring (bicyclic) bond motifs is 1. The molecule has 0 amide bonds. The Bertz CT molecular complexity index is 984. The van der Waals surface area contributed by atoms with Crippen molar-refractivity contribution in [2.24, 2.45) is 4.99 Å². The van der Waals surface area contributed by atoms with Crippen LogP contribution in [0, 0.1) is 6.92 Å². The molecule has 0 aromatic carbocycles. The molecule has 1 N–H and O–H groups in total. The van der Waals surface area contributed by atoms with Gasteiger partial charge in [-0.2, -0.15) is 5.10 Å². The highest BCUT2D eigenvalue weighted by molar-refractivity contribution is 7.22. The van der Waals surface area contributed by atoms with E-state index in [-0.39, 0.29) is 0 Å². The van der Waals surface area contributed by atoms with Crippen molar-refractivity contribution in [3.8, 4) is 10.6 Å². The van der Waals surface area contributed by atoms with Crippen LogP contribution in [-0.4, -0.2) is 45.5 Å². The van der Waals surface area contributed by atoms with Gasteiger partial charge in [-0.3, -0.25) is 9.67 Å². The molecule has 0 fully saturated rings. The van der Waals surface area contributed by atoms with Crippen molar-refractivity contribution in [2.45, 2.75) is 33.4 Å². The second kappa shape index (κ2) is 7.87. The fourth-order valence-electron chi connectivity index (χ4n) is 2.86. The van der Waals surface area contributed by atoms with Gasteiger partial charge in [-0.25, -0.2) is 9.97 Å². The molecular weight excluding hydrogens is 358 g/mol. The molecule has 3 heterocycles. The third kappa shape index (κ3) is 3.85. The third-order valence-corrected chi connectivity index (χ3v) is 5.47. The SMILES string of the molecule is C=N/C=C\N(C)Cc1nc(NC)c2c(C)c(-c3ccn(C(C)C)n3)sc2n1. The molecule has 7 nitrogen and oxygen atoms in total. The van der Waals surface area contributed by atoms with Crippen LogP contribution in [0.25, 0.3) is 20.8 Å². The predicted octanol–water partition coefficient (Wildman–Crippen LogP) is 4.09. The van der Waals surface area contributed by atoms with Crippen LogP contribution in [0.4, 0.5) is 5.82 Å². The summed E-state index contributed by atoms with van der Waals surface area (Å²) >= 11 is 1.66. The van der Waals surface area contributed by atoms with Gasteiger partial charge in [0.15, 0.2) is 5.82 Å². The second-order valence-corrected chi connectivity index (χ2v) is 7.64. The van der Waals surface area contributed by atoms with E-state index < -0.39 is 0 Å². The number of hydrogen-bond donors (Lipinski definition) is 1. The van der Waals surface area contributed by atoms with Crippen LogP contribution in [0.2, 0.25) is 0 Å². The molecule has 0 radical (unpaired) electrons. The van der Waals surface area contributed by atoms with Gasteiger partial charge in [-0.15, -0.1) is 11.3 Å². The van der Waals surface area contributed by atoms with E-state index in [1.807, 2.05) is 36.1 Å². The second-order valence-electron chi connectivity index (χ2n) is 6.65. The first kappa shape index (κ1) is 19.0. The Morgan fingerprint density at radius 1 is 1.41 bits per heavy atom. The van der Waals surface area contributed by atoms with Crippen LogP contribution < -0.4 is 5.32 Å². The lowest BCUT2D eigenvalue weighted by atomic mass is 10.1. The van der Waals surface area contributed by atoms with Gasteiger partial charge in [0.2, 0.25) is 0 Å². The summed E-state index contributed by atoms with van der Waals surface area (Å²) in [6, 6.07) is 2.40. The number of nitrogens with one attached hydrogen (secondary N) is 1. The molecule has 8 heteroatoms. The van der Waals surface area contributed by atoms with Crippen LogP contribution in [0.1, 0.15) is 31.3 Å². The molecule has 0 saturated carbocycles. The third-order valence-electron chi connectivity index (χ3n) is 4.26. The zero-order valence-corrected chi connectivity index (χ0v) is 17.2. The topological polar surface area (TPSA) is 71.2 Å². The van der Waals surface area contributed by atoms with Gasteiger partial charge in [0.1, 0.15) is 16.3 Å². The Kier molecular flexibility index (Phi) is 5.55. The Morgan fingerprint density at radius 3 is 2.81 bits per heavy atom. The number of rotatable bonds is 7. The van der Waals surface area contributed by atoms with E-state index in [1.165, 1.54) is 0 Å². The molecule has 0 atom stereocenters. The van der Waals surface area contributed by atoms with Gasteiger partial charge in [0.05, 0.1) is 16.8 Å². The van der Waals surface area contributed by atoms with E-state index in [4.69, 9.17) is 15.1 Å². The minimum absolute atomic E-state index is 0.335. The number of aromatic nitrogens is 4. The maximum Gasteiger partial charge on any atom is 0.151 e. The average molecular weight is 384 g/mol. The molecule has 0 aliphatic rings. The molecule has 3 aromatic rings. The van der Waals surface area contributed by atoms with E-state index >= 15 is 0 Å². The summed E-state index contributed by atoms with van der Waals surface area (Å²) in [5, 5.41) is 9.00. The molecule has 0 unspecified atom stereocenters. The normalized spacial score (nSPS) is 11.6. The highest BCUT2D eigenvalue weighted by Gasteiger charge is 2.19. The summed E-state index contributed by atoms with van der Waals surface area (Å²) in [5.74, 6) is 1.60. The first-order chi connectivity index (χ1) is 12.9. The molecule has 0 saturated heterocycles. The summed E-state index contributed by atoms with van der Waals surface area (Å²) in [6.45, 7) is 10.4. The van der Waals surface area contributed by atoms with Crippen LogP contribution in [0.3, 0.4) is 0 Å². The van der Waals surface area contributed by atoms with Crippen LogP contribution in [0.15, 0.2) is 29.7 Å². The lowest BCUT2D eigenvalue weighted by molar-refractivity contribution is 0.437. The standard InChI is InChI=1S/C19H25N7S/c1-12(2)26-9-7-14(24-26)17-13(3)16-18(21-5)22-15(23-19(16)27-17)11-25(6)10-8-20-4/h7-10,12H,4,11H2,1-3,5-6H3,(H,21,22,23)/b10-8-. The summed E-state index contributed by atoms with van der Waals surface area (Å²) < 4.78 is 1.98. The maximum atomic E-state index is 4.79. The number of nitrogens with zero attached hydrogens (tertiary/aromatic N) is 6. The first-order valence-electron chi connectivity index (χ1n) is 8.80. The quantitative estimate of drug-likeness (QED) is 0.622. The molecule has 0 spiro atoms. The minimum atomic E-state index is 0.335. The Morgan fingerprint density at radius 2 is 2.19 bits per heavy atom. The molecule has 27 heavy (non-hydrogen) atoms. The van der Waals surface area contributed by atoms with E-state index in [9.17, 15) is 0 Å². The Hall–Kier alpha value is -2.74. The number of aliphatic imine (C=N–C) groups is 1. The van der Waals surface area contributed by atoms with Crippen molar-refractivity contribution >= 4 is 34.1 Å². The lowest BCUT2D eigenvalue weighted by Crippen LogP contribution is -2.13. The van der Waals surface area contributed by atoms with Crippen molar-refractivity contribution in [3.05, 3.63) is 36.1 Å². The molecule has 3 rings (SSSR count). The summed E-state index contributed by atoms with van der Waals surface area (Å²) in [6.07, 6.45) is 5.52. The first-order valence-corrected chi connectivity index (χ1v) is 9.62. The van der Waals surface area contributed by atoms with Crippen molar-refractivity contribution < 1.29 is 0 Å². The average Bonchev–Trinajstić information content (AvgIpc) is 3.24. The fourth-order valence-corrected chi connectivity index (χ4v) is 4.03. The molecule has 0 bridgehead atoms. The molecular formula is C19H25N7S. The molecule has 0 aliphatic heterocycles. The Balaban J connectivity index is 2.04. The van der Waals surface area contributed by atoms with Crippen LogP contribution >= 0.6 is 11.3 Å². The van der Waals surface area contributed by atoms with Gasteiger partial charge in [-0.05, 0) is 39.1 Å². The number of aryl methyl sites for hydroxylation is 1. The van der Waals surface area contributed by atoms with Gasteiger partial charge in [-0.1, -0.05) is 0 Å². The Labute approximate surface area is 163 Å². The molecule has 142 valence electrons. The van der Waals surface area contributed by atoms with Gasteiger partial charge in [0, 0.05) is 38.7 Å². The predicted molar refractivity (Wildman–Crippen MR) is 113 cm³/mol. The van der Waals surface area contributed by atoms with Crippen molar-refractivity contribution in [1.29, 1.82) is 0 Å². The van der Waals surface area contributed by atoms with Crippen molar-refractivity contribution in [3.63, 3.8) is 0 Å². The zero-order valence-electron chi connectivity index (χ0n) is 16.4. The van der Waals surface area contributed by atoms with E-state index in [0.29, 0.717) is 12.6 Å². The van der Waals surface area contributed by atoms with Crippen LogP contribution in [-0.2, 0) is 6.54 Å². The van der Waals surface area contributed by atoms with E-state index in [0.717, 1.165) is 38.0 Å². The smallest absolute Gasteiger partial charge is 0.151 e. The largest absolute Gasteiger partial charge is 0.372 e. The van der Waals surface area contributed by atoms with E-state index in [2.05, 4.69) is 43.9 Å². The van der Waals surface area contributed by atoms with Gasteiger partial charge in [0.25, 0.3) is 0 Å². The van der Waals surface area contributed by atoms with Crippen molar-refractivity contribution in [2.75, 3.05) is 19.4 Å². The fraction of sp³-hybridized carbons (Fsp3) is 0.368. The van der Waals surface area contributed by atoms with Crippen molar-refractivity contribution in [1.82, 2.24) is 24.6 Å². The van der Waals surface area contributed by atoms with Gasteiger partial charge >= 0.3 is 0 Å². The lowest BCUT2D eigenvalue weighted by Gasteiger charge is -2.13. The van der Waals surface area contributed by atoms with Crippen LogP contribution in [0.5, 0.6) is 0 Å².